The Morgan fingerprint density at radius 3 is 2.62 bits per heavy atom. The molecule has 2 aromatic carbocycles. The van der Waals surface area contributed by atoms with Crippen molar-refractivity contribution in [2.75, 3.05) is 26.7 Å². The molecule has 2 N–H and O–H groups in total. The molecule has 0 saturated carbocycles. The van der Waals surface area contributed by atoms with Gasteiger partial charge in [-0.05, 0) is 48.9 Å². The van der Waals surface area contributed by atoms with Gasteiger partial charge in [0.15, 0.2) is 0 Å². The lowest BCUT2D eigenvalue weighted by Gasteiger charge is -2.37. The van der Waals surface area contributed by atoms with Crippen LogP contribution < -0.4 is 4.74 Å². The van der Waals surface area contributed by atoms with Gasteiger partial charge in [0.1, 0.15) is 11.7 Å². The van der Waals surface area contributed by atoms with Crippen LogP contribution in [-0.4, -0.2) is 75.8 Å². The van der Waals surface area contributed by atoms with Gasteiger partial charge in [-0.15, -0.1) is 0 Å². The van der Waals surface area contributed by atoms with Gasteiger partial charge in [0.2, 0.25) is 5.88 Å². The molecule has 1 aliphatic rings. The molecule has 0 radical (unpaired) electrons. The average molecular weight is 530 g/mol. The second-order valence-corrected chi connectivity index (χ2v) is 10.2. The fraction of sp³-hybridized carbons (Fsp3) is 0.323. The highest BCUT2D eigenvalue weighted by molar-refractivity contribution is 5.97. The summed E-state index contributed by atoms with van der Waals surface area (Å²) < 4.78 is 6.39. The van der Waals surface area contributed by atoms with Crippen molar-refractivity contribution in [1.82, 2.24) is 14.8 Å². The number of rotatable bonds is 9. The topological polar surface area (TPSA) is 103 Å². The summed E-state index contributed by atoms with van der Waals surface area (Å²) in [7, 11) is 1.95. The third kappa shape index (κ3) is 7.10. The zero-order valence-electron chi connectivity index (χ0n) is 22.5. The number of fused-ring (bicyclic) bond motifs is 1. The van der Waals surface area contributed by atoms with Crippen LogP contribution >= 0.6 is 0 Å². The Morgan fingerprint density at radius 1 is 1.15 bits per heavy atom. The third-order valence-corrected chi connectivity index (χ3v) is 6.93. The van der Waals surface area contributed by atoms with Gasteiger partial charge in [0.05, 0.1) is 18.2 Å². The van der Waals surface area contributed by atoms with Crippen LogP contribution in [0.2, 0.25) is 0 Å². The van der Waals surface area contributed by atoms with E-state index in [2.05, 4.69) is 9.88 Å². The Bertz CT molecular complexity index is 1330. The first-order chi connectivity index (χ1) is 18.7. The fourth-order valence-electron chi connectivity index (χ4n) is 4.67. The number of benzene rings is 2. The molecule has 39 heavy (non-hydrogen) atoms. The molecule has 0 bridgehead atoms. The molecule has 204 valence electrons. The maximum atomic E-state index is 13.6. The molecule has 1 aliphatic heterocycles. The number of aliphatic hydroxyl groups is 1. The maximum Gasteiger partial charge on any atom is 0.335 e. The number of nitrogens with zero attached hydrogens (tertiary/aromatic N) is 3. The number of hydrogen-bond acceptors (Lipinski definition) is 6. The lowest BCUT2D eigenvalue weighted by molar-refractivity contribution is 0.0325. The summed E-state index contributed by atoms with van der Waals surface area (Å²) in [4.78, 5) is 33.3. The van der Waals surface area contributed by atoms with Crippen LogP contribution in [0.15, 0.2) is 66.9 Å². The maximum absolute atomic E-state index is 13.6. The molecule has 1 amide bonds. The summed E-state index contributed by atoms with van der Waals surface area (Å²) in [6, 6.07) is 18.2. The minimum absolute atomic E-state index is 0.0524. The Kier molecular flexibility index (Phi) is 9.11. The van der Waals surface area contributed by atoms with Gasteiger partial charge < -0.3 is 19.8 Å². The number of pyridine rings is 1. The zero-order valence-corrected chi connectivity index (χ0v) is 22.5. The molecule has 3 aromatic rings. The van der Waals surface area contributed by atoms with Crippen molar-refractivity contribution >= 4 is 24.0 Å². The van der Waals surface area contributed by atoms with E-state index in [-0.39, 0.29) is 42.0 Å². The summed E-state index contributed by atoms with van der Waals surface area (Å²) in [6.07, 6.45) is 5.27. The zero-order chi connectivity index (χ0) is 27.9. The quantitative estimate of drug-likeness (QED) is 0.426. The van der Waals surface area contributed by atoms with E-state index in [1.165, 1.54) is 0 Å². The van der Waals surface area contributed by atoms with Gasteiger partial charge in [0, 0.05) is 31.7 Å². The summed E-state index contributed by atoms with van der Waals surface area (Å²) in [5, 5.41) is 19.2. The minimum atomic E-state index is -0.958. The summed E-state index contributed by atoms with van der Waals surface area (Å²) in [6.45, 7) is 5.18. The second-order valence-electron chi connectivity index (χ2n) is 10.2. The van der Waals surface area contributed by atoms with Crippen molar-refractivity contribution in [2.45, 2.75) is 32.5 Å². The van der Waals surface area contributed by atoms with Crippen LogP contribution in [0.4, 0.5) is 0 Å². The van der Waals surface area contributed by atoms with Crippen LogP contribution in [0.3, 0.4) is 0 Å². The molecule has 0 unspecified atom stereocenters. The van der Waals surface area contributed by atoms with Crippen molar-refractivity contribution in [2.24, 2.45) is 5.92 Å². The van der Waals surface area contributed by atoms with Crippen LogP contribution in [-0.2, 0) is 6.54 Å². The first-order valence-corrected chi connectivity index (χ1v) is 13.1. The molecule has 2 heterocycles. The smallest absolute Gasteiger partial charge is 0.335 e. The normalized spacial score (nSPS) is 18.4. The molecule has 4 rings (SSSR count). The number of likely N-dealkylation sites (N-methyl/N-ethyl adjacent to an activating group) is 1. The number of carbonyl (C=O) groups excluding carboxylic acids is 1. The van der Waals surface area contributed by atoms with E-state index in [1.54, 1.807) is 35.4 Å². The Morgan fingerprint density at radius 2 is 1.90 bits per heavy atom. The van der Waals surface area contributed by atoms with E-state index in [9.17, 15) is 19.8 Å². The van der Waals surface area contributed by atoms with Crippen molar-refractivity contribution in [3.8, 4) is 5.88 Å². The predicted octanol–water partition coefficient (Wildman–Crippen LogP) is 4.30. The van der Waals surface area contributed by atoms with Gasteiger partial charge >= 0.3 is 5.97 Å². The fourth-order valence-corrected chi connectivity index (χ4v) is 4.67. The van der Waals surface area contributed by atoms with Gasteiger partial charge in [-0.25, -0.2) is 9.78 Å². The molecule has 8 heteroatoms. The van der Waals surface area contributed by atoms with E-state index in [0.717, 1.165) is 16.7 Å². The summed E-state index contributed by atoms with van der Waals surface area (Å²) >= 11 is 0. The molecule has 0 aliphatic carbocycles. The number of aromatic carboxylic acids is 1. The van der Waals surface area contributed by atoms with Crippen molar-refractivity contribution in [1.29, 1.82) is 0 Å². The Balaban J connectivity index is 1.60. The van der Waals surface area contributed by atoms with Crippen LogP contribution in [0.5, 0.6) is 5.88 Å². The van der Waals surface area contributed by atoms with E-state index in [0.29, 0.717) is 25.2 Å². The van der Waals surface area contributed by atoms with Gasteiger partial charge in [-0.1, -0.05) is 61.5 Å². The van der Waals surface area contributed by atoms with Crippen molar-refractivity contribution < 1.29 is 24.5 Å². The van der Waals surface area contributed by atoms with E-state index >= 15 is 0 Å². The Hall–Kier alpha value is -4.01. The highest BCUT2D eigenvalue weighted by atomic mass is 16.5. The SMILES string of the molecule is C[C@@H]1CN([C@H](C)CO)C(=O)c2cc(/C=C/c3ccccc3)cnc2O[C@H]1CN(C)Cc1cccc(C(=O)O)c1. The predicted molar refractivity (Wildman–Crippen MR) is 151 cm³/mol. The minimum Gasteiger partial charge on any atom is -0.478 e. The second kappa shape index (κ2) is 12.7. The van der Waals surface area contributed by atoms with E-state index < -0.39 is 5.97 Å². The van der Waals surface area contributed by atoms with Gasteiger partial charge in [-0.3, -0.25) is 9.69 Å². The number of carboxylic acid groups (broad SMARTS) is 1. The highest BCUT2D eigenvalue weighted by Gasteiger charge is 2.34. The molecule has 1 aromatic heterocycles. The molecule has 0 spiro atoms. The first-order valence-electron chi connectivity index (χ1n) is 13.1. The number of amides is 1. The number of aliphatic hydroxyl groups excluding tert-OH is 1. The monoisotopic (exact) mass is 529 g/mol. The molecule has 3 atom stereocenters. The standard InChI is InChI=1S/C31H35N3O5/c1-21-17-34(22(2)20-35)30(36)27-15-24(13-12-23-8-5-4-6-9-23)16-32-29(27)39-28(21)19-33(3)18-25-10-7-11-26(14-25)31(37)38/h4-16,21-22,28,35H,17-20H2,1-3H3,(H,37,38)/b13-12+/t21-,22-,28+/m1/s1. The molecular formula is C31H35N3O5. The van der Waals surface area contributed by atoms with Gasteiger partial charge in [0.25, 0.3) is 5.91 Å². The number of hydrogen-bond donors (Lipinski definition) is 2. The van der Waals surface area contributed by atoms with Crippen LogP contribution in [0.1, 0.15) is 51.3 Å². The van der Waals surface area contributed by atoms with Crippen LogP contribution in [0, 0.1) is 5.92 Å². The largest absolute Gasteiger partial charge is 0.478 e. The first kappa shape index (κ1) is 28.0. The average Bonchev–Trinajstić information content (AvgIpc) is 2.94. The lowest BCUT2D eigenvalue weighted by atomic mass is 9.99. The summed E-state index contributed by atoms with van der Waals surface area (Å²) in [5.41, 5.74) is 3.30. The third-order valence-electron chi connectivity index (χ3n) is 6.93. The number of carbonyl (C=O) groups is 2. The van der Waals surface area contributed by atoms with Crippen molar-refractivity contribution in [3.05, 3.63) is 94.7 Å². The molecule has 0 fully saturated rings. The van der Waals surface area contributed by atoms with Gasteiger partial charge in [-0.2, -0.15) is 0 Å². The number of aromatic nitrogens is 1. The summed E-state index contributed by atoms with van der Waals surface area (Å²) in [5.74, 6) is -0.966. The number of carboxylic acids is 1. The molecular weight excluding hydrogens is 494 g/mol. The highest BCUT2D eigenvalue weighted by Crippen LogP contribution is 2.28. The lowest BCUT2D eigenvalue weighted by Crippen LogP contribution is -2.49. The molecule has 8 nitrogen and oxygen atoms in total. The Labute approximate surface area is 229 Å². The van der Waals surface area contributed by atoms with Crippen LogP contribution in [0.25, 0.3) is 12.2 Å². The van der Waals surface area contributed by atoms with E-state index in [1.807, 2.05) is 69.4 Å². The molecule has 0 saturated heterocycles. The van der Waals surface area contributed by atoms with E-state index in [4.69, 9.17) is 4.74 Å². The number of ether oxygens (including phenoxy) is 1. The van der Waals surface area contributed by atoms with Crippen molar-refractivity contribution in [3.63, 3.8) is 0 Å².